The van der Waals surface area contributed by atoms with Crippen molar-refractivity contribution in [1.82, 2.24) is 0 Å². The summed E-state index contributed by atoms with van der Waals surface area (Å²) < 4.78 is 5.81. The fourth-order valence-corrected chi connectivity index (χ4v) is 2.88. The summed E-state index contributed by atoms with van der Waals surface area (Å²) in [4.78, 5) is 10.2. The normalized spacial score (nSPS) is 10.3. The Bertz CT molecular complexity index is 684. The van der Waals surface area contributed by atoms with Gasteiger partial charge in [-0.2, -0.15) is 5.26 Å². The van der Waals surface area contributed by atoms with E-state index in [4.69, 9.17) is 10.00 Å². The van der Waals surface area contributed by atoms with Crippen LogP contribution in [0.2, 0.25) is 0 Å². The number of hydrogen-bond donors (Lipinski definition) is 0. The number of carbonyl (C=O) groups is 1. The Morgan fingerprint density at radius 2 is 1.31 bits per heavy atom. The van der Waals surface area contributed by atoms with Gasteiger partial charge in [-0.3, -0.25) is 0 Å². The van der Waals surface area contributed by atoms with E-state index in [0.29, 0.717) is 12.0 Å². The molecule has 0 aliphatic heterocycles. The van der Waals surface area contributed by atoms with E-state index in [9.17, 15) is 4.79 Å². The molecule has 3 heteroatoms. The molecular formula is C23H27NO2. The van der Waals surface area contributed by atoms with Crippen molar-refractivity contribution in [2.75, 3.05) is 6.61 Å². The van der Waals surface area contributed by atoms with Gasteiger partial charge in [-0.05, 0) is 48.2 Å². The number of aldehydes is 1. The molecule has 0 unspecified atom stereocenters. The van der Waals surface area contributed by atoms with Crippen LogP contribution in [0.3, 0.4) is 0 Å². The second-order valence-corrected chi connectivity index (χ2v) is 6.49. The zero-order chi connectivity index (χ0) is 18.5. The zero-order valence-electron chi connectivity index (χ0n) is 15.3. The summed E-state index contributed by atoms with van der Waals surface area (Å²) in [5, 5.41) is 8.85. The number of carbonyl (C=O) groups excluding carboxylic acids is 1. The molecule has 0 saturated carbocycles. The Morgan fingerprint density at radius 3 is 1.88 bits per heavy atom. The lowest BCUT2D eigenvalue weighted by molar-refractivity contribution is -0.107. The first-order valence-corrected chi connectivity index (χ1v) is 9.50. The zero-order valence-corrected chi connectivity index (χ0v) is 15.3. The molecule has 0 spiro atoms. The van der Waals surface area contributed by atoms with Gasteiger partial charge in [0, 0.05) is 6.42 Å². The van der Waals surface area contributed by atoms with Gasteiger partial charge in [0.15, 0.2) is 0 Å². The van der Waals surface area contributed by atoms with Crippen molar-refractivity contribution in [2.24, 2.45) is 0 Å². The molecule has 2 aromatic rings. The summed E-state index contributed by atoms with van der Waals surface area (Å²) in [6, 6.07) is 17.8. The minimum atomic E-state index is 0.676. The predicted octanol–water partition coefficient (Wildman–Crippen LogP) is 5.92. The Labute approximate surface area is 156 Å². The van der Waals surface area contributed by atoms with Crippen LogP contribution in [0.4, 0.5) is 0 Å². The molecule has 0 bridgehead atoms. The lowest BCUT2D eigenvalue weighted by Gasteiger charge is -2.08. The highest BCUT2D eigenvalue weighted by molar-refractivity contribution is 5.64. The highest BCUT2D eigenvalue weighted by Crippen LogP contribution is 2.23. The Hall–Kier alpha value is -2.60. The Balaban J connectivity index is 1.62. The highest BCUT2D eigenvalue weighted by Gasteiger charge is 2.00. The standard InChI is InChI=1S/C23H27NO2/c24-19-20-9-11-21(12-10-20)22-13-15-23(16-14-22)26-18-8-6-4-2-1-3-5-7-17-25/h9-17H,1-8,18H2. The van der Waals surface area contributed by atoms with E-state index < -0.39 is 0 Å². The van der Waals surface area contributed by atoms with Crippen LogP contribution in [-0.2, 0) is 4.79 Å². The minimum Gasteiger partial charge on any atom is -0.494 e. The highest BCUT2D eigenvalue weighted by atomic mass is 16.5. The van der Waals surface area contributed by atoms with Gasteiger partial charge in [-0.15, -0.1) is 0 Å². The van der Waals surface area contributed by atoms with Crippen LogP contribution in [0.5, 0.6) is 5.75 Å². The number of nitriles is 1. The fraction of sp³-hybridized carbons (Fsp3) is 0.391. The van der Waals surface area contributed by atoms with Crippen LogP contribution in [0.25, 0.3) is 11.1 Å². The molecule has 136 valence electrons. The summed E-state index contributed by atoms with van der Waals surface area (Å²) in [5.74, 6) is 0.899. The van der Waals surface area contributed by atoms with Crippen LogP contribution in [0.1, 0.15) is 56.9 Å². The van der Waals surface area contributed by atoms with Gasteiger partial charge in [0.05, 0.1) is 18.2 Å². The first-order chi connectivity index (χ1) is 12.8. The third kappa shape index (κ3) is 7.11. The van der Waals surface area contributed by atoms with E-state index in [2.05, 4.69) is 18.2 Å². The van der Waals surface area contributed by atoms with E-state index in [1.54, 1.807) is 0 Å². The second-order valence-electron chi connectivity index (χ2n) is 6.49. The van der Waals surface area contributed by atoms with E-state index in [0.717, 1.165) is 42.6 Å². The topological polar surface area (TPSA) is 50.1 Å². The van der Waals surface area contributed by atoms with Crippen molar-refractivity contribution in [3.05, 3.63) is 54.1 Å². The maximum Gasteiger partial charge on any atom is 0.119 e. The van der Waals surface area contributed by atoms with Gasteiger partial charge in [-0.1, -0.05) is 56.4 Å². The SMILES string of the molecule is N#Cc1ccc(-c2ccc(OCCCCCCCCCC=O)cc2)cc1. The van der Waals surface area contributed by atoms with Crippen molar-refractivity contribution < 1.29 is 9.53 Å². The summed E-state index contributed by atoms with van der Waals surface area (Å²) in [6.45, 7) is 0.751. The summed E-state index contributed by atoms with van der Waals surface area (Å²) in [7, 11) is 0. The fourth-order valence-electron chi connectivity index (χ4n) is 2.88. The molecule has 3 nitrogen and oxygen atoms in total. The van der Waals surface area contributed by atoms with Crippen LogP contribution in [0.15, 0.2) is 48.5 Å². The molecule has 2 aromatic carbocycles. The molecular weight excluding hydrogens is 322 g/mol. The van der Waals surface area contributed by atoms with Crippen molar-refractivity contribution in [2.45, 2.75) is 51.4 Å². The van der Waals surface area contributed by atoms with Crippen molar-refractivity contribution in [3.63, 3.8) is 0 Å². The molecule has 26 heavy (non-hydrogen) atoms. The number of unbranched alkanes of at least 4 members (excludes halogenated alkanes) is 7. The van der Waals surface area contributed by atoms with Gasteiger partial charge in [-0.25, -0.2) is 0 Å². The smallest absolute Gasteiger partial charge is 0.119 e. The van der Waals surface area contributed by atoms with Crippen molar-refractivity contribution in [1.29, 1.82) is 5.26 Å². The first-order valence-electron chi connectivity index (χ1n) is 9.50. The molecule has 0 aliphatic carbocycles. The molecule has 0 heterocycles. The largest absolute Gasteiger partial charge is 0.494 e. The maximum absolute atomic E-state index is 10.2. The molecule has 0 atom stereocenters. The maximum atomic E-state index is 10.2. The molecule has 0 aliphatic rings. The van der Waals surface area contributed by atoms with Crippen LogP contribution >= 0.6 is 0 Å². The second kappa shape index (κ2) is 11.9. The molecule has 0 N–H and O–H groups in total. The van der Waals surface area contributed by atoms with Gasteiger partial charge in [0.1, 0.15) is 12.0 Å². The monoisotopic (exact) mass is 349 g/mol. The van der Waals surface area contributed by atoms with E-state index in [-0.39, 0.29) is 0 Å². The van der Waals surface area contributed by atoms with E-state index in [1.807, 2.05) is 36.4 Å². The Kier molecular flexibility index (Phi) is 9.00. The van der Waals surface area contributed by atoms with Crippen LogP contribution < -0.4 is 4.74 Å². The number of nitrogens with zero attached hydrogens (tertiary/aromatic N) is 1. The van der Waals surface area contributed by atoms with Gasteiger partial charge < -0.3 is 9.53 Å². The average molecular weight is 349 g/mol. The van der Waals surface area contributed by atoms with Gasteiger partial charge >= 0.3 is 0 Å². The molecule has 0 radical (unpaired) electrons. The summed E-state index contributed by atoms with van der Waals surface area (Å²) >= 11 is 0. The van der Waals surface area contributed by atoms with Crippen LogP contribution in [-0.4, -0.2) is 12.9 Å². The van der Waals surface area contributed by atoms with E-state index in [1.165, 1.54) is 32.1 Å². The first kappa shape index (κ1) is 19.7. The summed E-state index contributed by atoms with van der Waals surface area (Å²) in [6.07, 6.45) is 9.90. The molecule has 0 amide bonds. The average Bonchev–Trinajstić information content (AvgIpc) is 2.70. The lowest BCUT2D eigenvalue weighted by Crippen LogP contribution is -1.97. The molecule has 2 rings (SSSR count). The van der Waals surface area contributed by atoms with E-state index >= 15 is 0 Å². The molecule has 0 saturated heterocycles. The van der Waals surface area contributed by atoms with Gasteiger partial charge in [0.25, 0.3) is 0 Å². The number of hydrogen-bond acceptors (Lipinski definition) is 3. The molecule has 0 fully saturated rings. The predicted molar refractivity (Wildman–Crippen MR) is 105 cm³/mol. The third-order valence-electron chi connectivity index (χ3n) is 4.44. The minimum absolute atomic E-state index is 0.676. The lowest BCUT2D eigenvalue weighted by atomic mass is 10.0. The number of benzene rings is 2. The van der Waals surface area contributed by atoms with Gasteiger partial charge in [0.2, 0.25) is 0 Å². The summed E-state index contributed by atoms with van der Waals surface area (Å²) in [5.41, 5.74) is 2.90. The Morgan fingerprint density at radius 1 is 0.769 bits per heavy atom. The molecule has 0 aromatic heterocycles. The van der Waals surface area contributed by atoms with Crippen LogP contribution in [0, 0.1) is 11.3 Å². The quantitative estimate of drug-likeness (QED) is 0.353. The van der Waals surface area contributed by atoms with Crippen molar-refractivity contribution >= 4 is 6.29 Å². The number of rotatable bonds is 12. The third-order valence-corrected chi connectivity index (χ3v) is 4.44. The van der Waals surface area contributed by atoms with Crippen molar-refractivity contribution in [3.8, 4) is 22.9 Å². The number of ether oxygens (including phenoxy) is 1.